The first-order chi connectivity index (χ1) is 13.8. The fourth-order valence-electron chi connectivity index (χ4n) is 4.77. The van der Waals surface area contributed by atoms with Crippen LogP contribution in [-0.4, -0.2) is 31.0 Å². The Morgan fingerprint density at radius 2 is 1.71 bits per heavy atom. The van der Waals surface area contributed by atoms with Crippen molar-refractivity contribution in [2.24, 2.45) is 4.99 Å². The molecular weight excluding hydrogens is 348 g/mol. The number of ether oxygens (including phenoxy) is 2. The summed E-state index contributed by atoms with van der Waals surface area (Å²) >= 11 is 0. The van der Waals surface area contributed by atoms with Gasteiger partial charge in [-0.3, -0.25) is 9.98 Å². The lowest BCUT2D eigenvalue weighted by Gasteiger charge is -2.35. The van der Waals surface area contributed by atoms with Gasteiger partial charge in [0.05, 0.1) is 31.7 Å². The predicted octanol–water partition coefficient (Wildman–Crippen LogP) is 5.13. The molecule has 2 aliphatic rings. The molecule has 1 aliphatic carbocycles. The van der Waals surface area contributed by atoms with E-state index in [-0.39, 0.29) is 0 Å². The number of benzene rings is 2. The van der Waals surface area contributed by atoms with Gasteiger partial charge in [-0.05, 0) is 42.0 Å². The first kappa shape index (κ1) is 17.2. The minimum Gasteiger partial charge on any atom is -0.493 e. The molecule has 1 aliphatic heterocycles. The number of pyridine rings is 1. The van der Waals surface area contributed by atoms with Crippen LogP contribution in [0, 0.1) is 0 Å². The van der Waals surface area contributed by atoms with Crippen molar-refractivity contribution in [1.82, 2.24) is 4.98 Å². The minimum absolute atomic E-state index is 0.315. The highest BCUT2D eigenvalue weighted by molar-refractivity contribution is 6.19. The zero-order valence-electron chi connectivity index (χ0n) is 16.3. The lowest BCUT2D eigenvalue weighted by molar-refractivity contribution is 0.349. The van der Waals surface area contributed by atoms with Crippen LogP contribution in [0.2, 0.25) is 0 Å². The van der Waals surface area contributed by atoms with E-state index in [1.54, 1.807) is 14.2 Å². The molecule has 4 heteroatoms. The van der Waals surface area contributed by atoms with Crippen molar-refractivity contribution in [3.05, 3.63) is 65.5 Å². The highest BCUT2D eigenvalue weighted by atomic mass is 16.5. The molecule has 142 valence electrons. The molecule has 28 heavy (non-hydrogen) atoms. The van der Waals surface area contributed by atoms with Crippen molar-refractivity contribution in [2.45, 2.75) is 37.6 Å². The molecular formula is C24H24N2O2. The van der Waals surface area contributed by atoms with Crippen LogP contribution in [0.25, 0.3) is 10.8 Å². The Balaban J connectivity index is 1.77. The predicted molar refractivity (Wildman–Crippen MR) is 112 cm³/mol. The second-order valence-electron chi connectivity index (χ2n) is 7.61. The molecule has 0 amide bonds. The number of aromatic nitrogens is 1. The summed E-state index contributed by atoms with van der Waals surface area (Å²) in [5.41, 5.74) is 4.39. The Bertz CT molecular complexity index is 1070. The Morgan fingerprint density at radius 1 is 0.929 bits per heavy atom. The summed E-state index contributed by atoms with van der Waals surface area (Å²) in [7, 11) is 3.39. The molecule has 2 atom stereocenters. The molecule has 1 saturated carbocycles. The first-order valence-corrected chi connectivity index (χ1v) is 9.98. The summed E-state index contributed by atoms with van der Waals surface area (Å²) in [6, 6.07) is 15.0. The number of rotatable bonds is 3. The number of nitrogens with zero attached hydrogens (tertiary/aromatic N) is 2. The van der Waals surface area contributed by atoms with E-state index in [0.717, 1.165) is 40.3 Å². The summed E-state index contributed by atoms with van der Waals surface area (Å²) in [6.07, 6.45) is 6.68. The Labute approximate surface area is 165 Å². The molecule has 0 radical (unpaired) electrons. The van der Waals surface area contributed by atoms with E-state index in [9.17, 15) is 0 Å². The topological polar surface area (TPSA) is 43.7 Å². The van der Waals surface area contributed by atoms with E-state index >= 15 is 0 Å². The first-order valence-electron chi connectivity index (χ1n) is 9.98. The average molecular weight is 372 g/mol. The number of fused-ring (bicyclic) bond motifs is 4. The van der Waals surface area contributed by atoms with Crippen LogP contribution >= 0.6 is 0 Å². The van der Waals surface area contributed by atoms with Crippen molar-refractivity contribution >= 4 is 16.5 Å². The maximum atomic E-state index is 5.61. The van der Waals surface area contributed by atoms with E-state index in [2.05, 4.69) is 42.5 Å². The van der Waals surface area contributed by atoms with Crippen molar-refractivity contribution < 1.29 is 9.47 Å². The molecule has 0 spiro atoms. The van der Waals surface area contributed by atoms with Gasteiger partial charge >= 0.3 is 0 Å². The second-order valence-corrected chi connectivity index (χ2v) is 7.61. The van der Waals surface area contributed by atoms with Gasteiger partial charge < -0.3 is 9.47 Å². The zero-order valence-corrected chi connectivity index (χ0v) is 16.3. The SMILES string of the molecule is COc1cc2c(cc1OC)[C@@H]1CCCC[C@@H]1N=C2c1nccc2ccccc12. The highest BCUT2D eigenvalue weighted by Gasteiger charge is 2.35. The summed E-state index contributed by atoms with van der Waals surface area (Å²) < 4.78 is 11.2. The molecule has 2 aromatic carbocycles. The van der Waals surface area contributed by atoms with Gasteiger partial charge in [-0.2, -0.15) is 0 Å². The quantitative estimate of drug-likeness (QED) is 0.640. The third kappa shape index (κ3) is 2.67. The van der Waals surface area contributed by atoms with Crippen LogP contribution in [-0.2, 0) is 0 Å². The number of aliphatic imine (C=N–C) groups is 1. The van der Waals surface area contributed by atoms with E-state index in [1.807, 2.05) is 6.20 Å². The monoisotopic (exact) mass is 372 g/mol. The smallest absolute Gasteiger partial charge is 0.161 e. The average Bonchev–Trinajstić information content (AvgIpc) is 2.77. The summed E-state index contributed by atoms with van der Waals surface area (Å²) in [5, 5.41) is 2.32. The van der Waals surface area contributed by atoms with Gasteiger partial charge in [0.1, 0.15) is 0 Å². The number of hydrogen-bond acceptors (Lipinski definition) is 4. The molecule has 2 heterocycles. The van der Waals surface area contributed by atoms with Gasteiger partial charge in [-0.15, -0.1) is 0 Å². The van der Waals surface area contributed by atoms with Crippen molar-refractivity contribution in [3.63, 3.8) is 0 Å². The van der Waals surface area contributed by atoms with E-state index in [1.165, 1.54) is 30.2 Å². The third-order valence-electron chi connectivity index (χ3n) is 6.13. The minimum atomic E-state index is 0.315. The summed E-state index contributed by atoms with van der Waals surface area (Å²) in [6.45, 7) is 0. The second kappa shape index (κ2) is 6.93. The van der Waals surface area contributed by atoms with Gasteiger partial charge in [-0.1, -0.05) is 37.1 Å². The van der Waals surface area contributed by atoms with Gasteiger partial charge in [0.2, 0.25) is 0 Å². The van der Waals surface area contributed by atoms with Crippen LogP contribution < -0.4 is 9.47 Å². The third-order valence-corrected chi connectivity index (χ3v) is 6.13. The van der Waals surface area contributed by atoms with Gasteiger partial charge in [0.25, 0.3) is 0 Å². The van der Waals surface area contributed by atoms with Crippen LogP contribution in [0.5, 0.6) is 11.5 Å². The molecule has 0 unspecified atom stereocenters. The van der Waals surface area contributed by atoms with Crippen LogP contribution in [0.15, 0.2) is 53.7 Å². The van der Waals surface area contributed by atoms with Gasteiger partial charge in [0, 0.05) is 23.1 Å². The fraction of sp³-hybridized carbons (Fsp3) is 0.333. The standard InChI is InChI=1S/C24H24N2O2/c1-27-21-13-18-17-9-5-6-10-20(17)26-24(19(18)14-22(21)28-2)23-16-8-4-3-7-15(16)11-12-25-23/h3-4,7-8,11-14,17,20H,5-6,9-10H2,1-2H3/t17-,20-/m0/s1. The van der Waals surface area contributed by atoms with Crippen molar-refractivity contribution in [2.75, 3.05) is 14.2 Å². The molecule has 1 fully saturated rings. The molecule has 0 bridgehead atoms. The molecule has 3 aromatic rings. The Kier molecular flexibility index (Phi) is 4.27. The summed E-state index contributed by atoms with van der Waals surface area (Å²) in [4.78, 5) is 10.0. The fourth-order valence-corrected chi connectivity index (χ4v) is 4.77. The van der Waals surface area contributed by atoms with E-state index < -0.39 is 0 Å². The van der Waals surface area contributed by atoms with Gasteiger partial charge in [0.15, 0.2) is 11.5 Å². The lowest BCUT2D eigenvalue weighted by Crippen LogP contribution is -2.30. The zero-order chi connectivity index (χ0) is 19.1. The molecule has 5 rings (SSSR count). The normalized spacial score (nSPS) is 20.9. The largest absolute Gasteiger partial charge is 0.493 e. The Hall–Kier alpha value is -2.88. The molecule has 4 nitrogen and oxygen atoms in total. The van der Waals surface area contributed by atoms with E-state index in [0.29, 0.717) is 12.0 Å². The highest BCUT2D eigenvalue weighted by Crippen LogP contribution is 2.45. The van der Waals surface area contributed by atoms with Crippen molar-refractivity contribution in [3.8, 4) is 11.5 Å². The van der Waals surface area contributed by atoms with Crippen LogP contribution in [0.4, 0.5) is 0 Å². The lowest BCUT2D eigenvalue weighted by atomic mass is 9.75. The van der Waals surface area contributed by atoms with Crippen LogP contribution in [0.3, 0.4) is 0 Å². The number of hydrogen-bond donors (Lipinski definition) is 0. The van der Waals surface area contributed by atoms with Crippen molar-refractivity contribution in [1.29, 1.82) is 0 Å². The molecule has 1 aromatic heterocycles. The number of methoxy groups -OCH3 is 2. The molecule has 0 N–H and O–H groups in total. The van der Waals surface area contributed by atoms with E-state index in [4.69, 9.17) is 19.5 Å². The molecule has 0 saturated heterocycles. The van der Waals surface area contributed by atoms with Gasteiger partial charge in [-0.25, -0.2) is 0 Å². The Morgan fingerprint density at radius 3 is 2.57 bits per heavy atom. The van der Waals surface area contributed by atoms with Crippen LogP contribution in [0.1, 0.15) is 48.4 Å². The maximum Gasteiger partial charge on any atom is 0.161 e. The maximum absolute atomic E-state index is 5.61. The summed E-state index contributed by atoms with van der Waals surface area (Å²) in [5.74, 6) is 1.98.